The summed E-state index contributed by atoms with van der Waals surface area (Å²) in [5.41, 5.74) is 9.26. The van der Waals surface area contributed by atoms with Gasteiger partial charge in [0.15, 0.2) is 12.4 Å². The lowest BCUT2D eigenvalue weighted by molar-refractivity contribution is -0.955. The van der Waals surface area contributed by atoms with Gasteiger partial charge in [0.2, 0.25) is 11.4 Å². The molecule has 31 heavy (non-hydrogen) atoms. The summed E-state index contributed by atoms with van der Waals surface area (Å²) in [5.74, 6) is 0. The molecule has 2 aromatic carbocycles. The van der Waals surface area contributed by atoms with Gasteiger partial charge in [-0.15, -0.1) is 9.13 Å². The van der Waals surface area contributed by atoms with Crippen LogP contribution in [0.3, 0.4) is 0 Å². The highest BCUT2D eigenvalue weighted by Crippen LogP contribution is 2.47. The standard InChI is InChI=1S/C28H19N3/c1-2-10-23-21(9-1)26-12-4-7-17-30(26)28(23)24-19-20(25-11-3-6-16-29-25)14-15-22(24)27-13-5-8-18-31(27)28/h1-19H/q+2. The molecular weight excluding hydrogens is 378 g/mol. The molecule has 2 aliphatic heterocycles. The third-order valence-corrected chi connectivity index (χ3v) is 6.63. The Labute approximate surface area is 180 Å². The molecule has 0 N–H and O–H groups in total. The second-order valence-corrected chi connectivity index (χ2v) is 8.10. The minimum Gasteiger partial charge on any atom is -0.256 e. The number of fused-ring (bicyclic) bond motifs is 10. The second-order valence-electron chi connectivity index (χ2n) is 8.10. The molecule has 3 heteroatoms. The van der Waals surface area contributed by atoms with Crippen molar-refractivity contribution in [3.05, 3.63) is 127 Å². The Kier molecular flexibility index (Phi) is 3.20. The van der Waals surface area contributed by atoms with E-state index in [2.05, 4.69) is 111 Å². The highest BCUT2D eigenvalue weighted by Gasteiger charge is 2.66. The van der Waals surface area contributed by atoms with Gasteiger partial charge in [0.1, 0.15) is 11.1 Å². The zero-order valence-corrected chi connectivity index (χ0v) is 16.8. The number of benzene rings is 2. The van der Waals surface area contributed by atoms with Crippen LogP contribution in [-0.2, 0) is 5.66 Å². The molecule has 0 amide bonds. The molecule has 0 radical (unpaired) electrons. The van der Waals surface area contributed by atoms with E-state index in [1.54, 1.807) is 0 Å². The van der Waals surface area contributed by atoms with Crippen LogP contribution in [-0.4, -0.2) is 4.98 Å². The van der Waals surface area contributed by atoms with Crippen LogP contribution in [0.15, 0.2) is 116 Å². The molecular formula is C28H19N3+2. The van der Waals surface area contributed by atoms with E-state index in [-0.39, 0.29) is 0 Å². The van der Waals surface area contributed by atoms with Gasteiger partial charge in [0, 0.05) is 36.0 Å². The van der Waals surface area contributed by atoms with Crippen molar-refractivity contribution in [2.75, 3.05) is 0 Å². The Morgan fingerprint density at radius 2 is 1.26 bits per heavy atom. The number of aromatic nitrogens is 3. The van der Waals surface area contributed by atoms with Gasteiger partial charge in [0.05, 0.1) is 16.8 Å². The molecule has 0 aliphatic carbocycles. The van der Waals surface area contributed by atoms with Crippen LogP contribution in [0.25, 0.3) is 33.8 Å². The van der Waals surface area contributed by atoms with Gasteiger partial charge < -0.3 is 0 Å². The highest BCUT2D eigenvalue weighted by molar-refractivity contribution is 5.76. The van der Waals surface area contributed by atoms with Crippen LogP contribution >= 0.6 is 0 Å². The summed E-state index contributed by atoms with van der Waals surface area (Å²) in [6.45, 7) is 0. The number of hydrogen-bond donors (Lipinski definition) is 0. The fraction of sp³-hybridized carbons (Fsp3) is 0.0357. The van der Waals surface area contributed by atoms with Crippen molar-refractivity contribution in [3.8, 4) is 33.8 Å². The molecule has 3 aromatic heterocycles. The zero-order valence-electron chi connectivity index (χ0n) is 16.8. The topological polar surface area (TPSA) is 20.6 Å². The normalized spacial score (nSPS) is 17.2. The first-order valence-corrected chi connectivity index (χ1v) is 10.6. The maximum absolute atomic E-state index is 4.61. The third-order valence-electron chi connectivity index (χ3n) is 6.63. The maximum atomic E-state index is 4.61. The molecule has 5 aromatic rings. The minimum atomic E-state index is -0.454. The zero-order chi connectivity index (χ0) is 20.4. The molecule has 1 unspecified atom stereocenters. The lowest BCUT2D eigenvalue weighted by Crippen LogP contribution is -2.71. The van der Waals surface area contributed by atoms with E-state index in [0.29, 0.717) is 0 Å². The Morgan fingerprint density at radius 1 is 0.581 bits per heavy atom. The van der Waals surface area contributed by atoms with E-state index in [1.807, 2.05) is 18.3 Å². The second kappa shape index (κ2) is 5.96. The molecule has 5 heterocycles. The lowest BCUT2D eigenvalue weighted by atomic mass is 9.88. The molecule has 2 aliphatic rings. The van der Waals surface area contributed by atoms with Crippen LogP contribution in [0, 0.1) is 0 Å². The Morgan fingerprint density at radius 3 is 2.00 bits per heavy atom. The average Bonchev–Trinajstić information content (AvgIpc) is 3.32. The monoisotopic (exact) mass is 397 g/mol. The summed E-state index contributed by atoms with van der Waals surface area (Å²) in [5, 5.41) is 0. The van der Waals surface area contributed by atoms with Crippen LogP contribution in [0.2, 0.25) is 0 Å². The highest BCUT2D eigenvalue weighted by atomic mass is 15.3. The molecule has 144 valence electrons. The van der Waals surface area contributed by atoms with Gasteiger partial charge in [-0.2, -0.15) is 0 Å². The third kappa shape index (κ3) is 2.00. The van der Waals surface area contributed by atoms with E-state index in [4.69, 9.17) is 0 Å². The van der Waals surface area contributed by atoms with E-state index in [1.165, 1.54) is 33.6 Å². The van der Waals surface area contributed by atoms with Gasteiger partial charge in [-0.3, -0.25) is 4.98 Å². The fourth-order valence-corrected chi connectivity index (χ4v) is 5.43. The van der Waals surface area contributed by atoms with Crippen molar-refractivity contribution in [1.82, 2.24) is 4.98 Å². The van der Waals surface area contributed by atoms with Crippen LogP contribution in [0.4, 0.5) is 0 Å². The summed E-state index contributed by atoms with van der Waals surface area (Å²) in [7, 11) is 0. The van der Waals surface area contributed by atoms with Gasteiger partial charge in [-0.25, -0.2) is 0 Å². The largest absolute Gasteiger partial charge is 0.417 e. The summed E-state index contributed by atoms with van der Waals surface area (Å²) >= 11 is 0. The molecule has 0 saturated heterocycles. The number of hydrogen-bond acceptors (Lipinski definition) is 1. The van der Waals surface area contributed by atoms with E-state index < -0.39 is 5.66 Å². The van der Waals surface area contributed by atoms with Crippen molar-refractivity contribution in [2.24, 2.45) is 0 Å². The van der Waals surface area contributed by atoms with Crippen LogP contribution in [0.1, 0.15) is 11.1 Å². The quantitative estimate of drug-likeness (QED) is 0.371. The van der Waals surface area contributed by atoms with Gasteiger partial charge in [-0.05, 0) is 48.5 Å². The fourth-order valence-electron chi connectivity index (χ4n) is 5.43. The van der Waals surface area contributed by atoms with Crippen LogP contribution < -0.4 is 9.13 Å². The molecule has 1 atom stereocenters. The summed E-state index contributed by atoms with van der Waals surface area (Å²) in [6.07, 6.45) is 6.28. The molecule has 7 rings (SSSR count). The lowest BCUT2D eigenvalue weighted by Gasteiger charge is -2.17. The Hall–Kier alpha value is -4.11. The summed E-state index contributed by atoms with van der Waals surface area (Å²) in [4.78, 5) is 4.61. The SMILES string of the molecule is c1ccc(-c2ccc3c(c2)C2(c4ccccc4-c4cccc[n+]42)[n+]2ccccc2-3)nc1. The Bertz CT molecular complexity index is 1420. The van der Waals surface area contributed by atoms with Crippen LogP contribution in [0.5, 0.6) is 0 Å². The first kappa shape index (κ1) is 16.7. The van der Waals surface area contributed by atoms with E-state index in [0.717, 1.165) is 11.3 Å². The predicted molar refractivity (Wildman–Crippen MR) is 119 cm³/mol. The van der Waals surface area contributed by atoms with Crippen molar-refractivity contribution >= 4 is 0 Å². The first-order valence-electron chi connectivity index (χ1n) is 10.6. The molecule has 0 bridgehead atoms. The molecule has 1 spiro atoms. The van der Waals surface area contributed by atoms with Gasteiger partial charge >= 0.3 is 5.66 Å². The number of pyridine rings is 3. The van der Waals surface area contributed by atoms with Crippen molar-refractivity contribution in [3.63, 3.8) is 0 Å². The molecule has 3 nitrogen and oxygen atoms in total. The van der Waals surface area contributed by atoms with Gasteiger partial charge in [0.25, 0.3) is 0 Å². The first-order chi connectivity index (χ1) is 15.4. The number of rotatable bonds is 1. The summed E-state index contributed by atoms with van der Waals surface area (Å²) in [6, 6.07) is 34.6. The van der Waals surface area contributed by atoms with Crippen molar-refractivity contribution in [2.45, 2.75) is 5.66 Å². The van der Waals surface area contributed by atoms with Crippen molar-refractivity contribution in [1.29, 1.82) is 0 Å². The number of nitrogens with zero attached hydrogens (tertiary/aromatic N) is 3. The molecule has 0 saturated carbocycles. The van der Waals surface area contributed by atoms with Gasteiger partial charge in [-0.1, -0.05) is 24.3 Å². The summed E-state index contributed by atoms with van der Waals surface area (Å²) < 4.78 is 4.85. The smallest absolute Gasteiger partial charge is 0.256 e. The minimum absolute atomic E-state index is 0.454. The van der Waals surface area contributed by atoms with Crippen molar-refractivity contribution < 1.29 is 9.13 Å². The average molecular weight is 397 g/mol. The maximum Gasteiger partial charge on any atom is 0.417 e. The van der Waals surface area contributed by atoms with E-state index in [9.17, 15) is 0 Å². The Balaban J connectivity index is 1.64. The predicted octanol–water partition coefficient (Wildman–Crippen LogP) is 4.58. The molecule has 0 fully saturated rings. The van der Waals surface area contributed by atoms with E-state index >= 15 is 0 Å².